The fourth-order valence-electron chi connectivity index (χ4n) is 5.78. The van der Waals surface area contributed by atoms with E-state index in [1.54, 1.807) is 11.3 Å². The first-order chi connectivity index (χ1) is 16.1. The van der Waals surface area contributed by atoms with Gasteiger partial charge in [0.25, 0.3) is 5.82 Å². The average molecular weight is 537 g/mol. The van der Waals surface area contributed by atoms with Crippen LogP contribution in [0.2, 0.25) is 0 Å². The third-order valence-electron chi connectivity index (χ3n) is 7.39. The molecule has 2 aromatic heterocycles. The molecule has 2 atom stereocenters. The van der Waals surface area contributed by atoms with Crippen molar-refractivity contribution in [2.75, 3.05) is 0 Å². The molecule has 0 bridgehead atoms. The van der Waals surface area contributed by atoms with Crippen molar-refractivity contribution < 1.29 is 26.3 Å². The molecule has 0 aliphatic heterocycles. The number of carbonyl (C=O) groups is 1. The lowest BCUT2D eigenvalue weighted by atomic mass is 9.64. The van der Waals surface area contributed by atoms with E-state index in [4.69, 9.17) is 5.73 Å². The molecule has 4 nitrogen and oxygen atoms in total. The predicted octanol–water partition coefficient (Wildman–Crippen LogP) is 2.01. The second-order valence-corrected chi connectivity index (χ2v) is 9.86. The van der Waals surface area contributed by atoms with Gasteiger partial charge in [-0.1, -0.05) is 60.7 Å². The molecule has 0 radical (unpaired) electrons. The van der Waals surface area contributed by atoms with Crippen LogP contribution in [0.5, 0.6) is 0 Å². The Morgan fingerprint density at radius 1 is 1.06 bits per heavy atom. The first-order valence-corrected chi connectivity index (χ1v) is 12.5. The van der Waals surface area contributed by atoms with Gasteiger partial charge in [-0.25, -0.2) is 9.13 Å². The summed E-state index contributed by atoms with van der Waals surface area (Å²) in [5.74, 6) is 1.12. The summed E-state index contributed by atoms with van der Waals surface area (Å²) < 4.78 is 4.71. The second-order valence-electron chi connectivity index (χ2n) is 9.08. The van der Waals surface area contributed by atoms with Gasteiger partial charge in [0.05, 0.1) is 0 Å². The Morgan fingerprint density at radius 3 is 2.26 bits per heavy atom. The first kappa shape index (κ1) is 24.4. The van der Waals surface area contributed by atoms with Gasteiger partial charge >= 0.3 is 0 Å². The number of hydrogen-bond acceptors (Lipinski definition) is 2. The minimum absolute atomic E-state index is 0. The number of thiophene rings is 1. The molecule has 34 heavy (non-hydrogen) atoms. The summed E-state index contributed by atoms with van der Waals surface area (Å²) in [4.78, 5) is 13.3. The van der Waals surface area contributed by atoms with Crippen molar-refractivity contribution in [2.45, 2.75) is 44.2 Å². The summed E-state index contributed by atoms with van der Waals surface area (Å²) >= 11 is 1.73. The van der Waals surface area contributed by atoms with Gasteiger partial charge in [0, 0.05) is 12.5 Å². The van der Waals surface area contributed by atoms with Crippen LogP contribution in [0.15, 0.2) is 89.9 Å². The molecule has 0 saturated heterocycles. The molecule has 1 fully saturated rings. The number of amides is 1. The number of primary amides is 1. The van der Waals surface area contributed by atoms with Crippen molar-refractivity contribution in [1.82, 2.24) is 4.57 Å². The smallest absolute Gasteiger partial charge is 0.253 e. The number of benzene rings is 2. The third-order valence-corrected chi connectivity index (χ3v) is 8.12. The molecular weight excluding hydrogens is 506 g/mol. The maximum absolute atomic E-state index is 13.3. The highest BCUT2D eigenvalue weighted by molar-refractivity contribution is 7.07. The average Bonchev–Trinajstić information content (AvgIpc) is 3.59. The lowest BCUT2D eigenvalue weighted by Gasteiger charge is -2.37. The SMILES string of the molecule is Cc1n([C@@H]2CC[C@H](C(C(N)=O)(c3ccccc3)c3ccccc3)C2)cc[n+]1Cc1ccsc1.[Br-]. The van der Waals surface area contributed by atoms with E-state index in [2.05, 4.69) is 69.5 Å². The Balaban J connectivity index is 0.00000274. The number of carbonyl (C=O) groups excluding carboxylic acids is 1. The number of rotatable bonds is 7. The molecule has 0 unspecified atom stereocenters. The van der Waals surface area contributed by atoms with E-state index in [0.29, 0.717) is 6.04 Å². The van der Waals surface area contributed by atoms with Crippen molar-refractivity contribution in [1.29, 1.82) is 0 Å². The zero-order valence-corrected chi connectivity index (χ0v) is 21.7. The zero-order chi connectivity index (χ0) is 22.8. The Labute approximate surface area is 215 Å². The molecule has 2 N–H and O–H groups in total. The molecule has 1 amide bonds. The number of imidazole rings is 1. The van der Waals surface area contributed by atoms with Gasteiger partial charge in [0.1, 0.15) is 30.4 Å². The Hall–Kier alpha value is -2.70. The normalized spacial score (nSPS) is 17.9. The van der Waals surface area contributed by atoms with E-state index < -0.39 is 5.41 Å². The molecule has 6 heteroatoms. The molecule has 5 rings (SSSR count). The van der Waals surface area contributed by atoms with Crippen molar-refractivity contribution in [3.8, 4) is 0 Å². The maximum atomic E-state index is 13.3. The van der Waals surface area contributed by atoms with Crippen LogP contribution in [0.4, 0.5) is 0 Å². The van der Waals surface area contributed by atoms with E-state index >= 15 is 0 Å². The van der Waals surface area contributed by atoms with Crippen LogP contribution in [0.3, 0.4) is 0 Å². The predicted molar refractivity (Wildman–Crippen MR) is 132 cm³/mol. The van der Waals surface area contributed by atoms with Crippen molar-refractivity contribution in [2.24, 2.45) is 11.7 Å². The maximum Gasteiger partial charge on any atom is 0.253 e. The lowest BCUT2D eigenvalue weighted by Crippen LogP contribution is -3.00. The highest BCUT2D eigenvalue weighted by atomic mass is 79.9. The molecular formula is C28H30BrN3OS. The monoisotopic (exact) mass is 535 g/mol. The number of aromatic nitrogens is 2. The standard InChI is InChI=1S/C28H29N3OS.BrH/c1-21-30(19-22-14-17-33-20-22)15-16-31(21)26-13-12-25(18-26)28(27(29)32,23-8-4-2-5-9-23)24-10-6-3-7-11-24;/h2-11,14-17,20,25-26H,12-13,18-19H2,1H3,(H-,29,32);1H/t25-,26+;/m0./s1. The molecule has 1 aliphatic carbocycles. The third kappa shape index (κ3) is 4.25. The van der Waals surface area contributed by atoms with Gasteiger partial charge < -0.3 is 22.7 Å². The summed E-state index contributed by atoms with van der Waals surface area (Å²) in [6, 6.07) is 22.8. The molecule has 1 aliphatic rings. The van der Waals surface area contributed by atoms with Gasteiger partial charge in [-0.2, -0.15) is 11.3 Å². The Kier molecular flexibility index (Phi) is 7.39. The van der Waals surface area contributed by atoms with E-state index in [1.807, 2.05) is 36.4 Å². The minimum Gasteiger partial charge on any atom is -1.00 e. The minimum atomic E-state index is -0.828. The number of nitrogens with two attached hydrogens (primary N) is 1. The fourth-order valence-corrected chi connectivity index (χ4v) is 6.44. The Bertz CT molecular complexity index is 1180. The van der Waals surface area contributed by atoms with Crippen LogP contribution >= 0.6 is 11.3 Å². The summed E-state index contributed by atoms with van der Waals surface area (Å²) in [6.07, 6.45) is 7.29. The molecule has 1 saturated carbocycles. The van der Waals surface area contributed by atoms with Gasteiger partial charge in [-0.15, -0.1) is 0 Å². The number of nitrogens with zero attached hydrogens (tertiary/aromatic N) is 2. The van der Waals surface area contributed by atoms with Crippen LogP contribution in [-0.4, -0.2) is 10.5 Å². The van der Waals surface area contributed by atoms with Crippen LogP contribution in [-0.2, 0) is 16.8 Å². The highest BCUT2D eigenvalue weighted by Crippen LogP contribution is 2.49. The van der Waals surface area contributed by atoms with Gasteiger partial charge in [-0.3, -0.25) is 4.79 Å². The Morgan fingerprint density at radius 2 is 1.71 bits per heavy atom. The summed E-state index contributed by atoms with van der Waals surface area (Å²) in [7, 11) is 0. The van der Waals surface area contributed by atoms with Crippen molar-refractivity contribution in [3.63, 3.8) is 0 Å². The highest BCUT2D eigenvalue weighted by Gasteiger charge is 2.51. The van der Waals surface area contributed by atoms with Gasteiger partial charge in [0.15, 0.2) is 0 Å². The van der Waals surface area contributed by atoms with Crippen molar-refractivity contribution >= 4 is 17.2 Å². The largest absolute Gasteiger partial charge is 1.00 e. The molecule has 0 spiro atoms. The second kappa shape index (κ2) is 10.3. The van der Waals surface area contributed by atoms with Crippen molar-refractivity contribution in [3.05, 3.63) is 112 Å². The van der Waals surface area contributed by atoms with E-state index in [0.717, 1.165) is 36.9 Å². The summed E-state index contributed by atoms with van der Waals surface area (Å²) in [6.45, 7) is 3.08. The molecule has 4 aromatic rings. The first-order valence-electron chi connectivity index (χ1n) is 11.6. The summed E-state index contributed by atoms with van der Waals surface area (Å²) in [5.41, 5.74) is 8.75. The fraction of sp³-hybridized carbons (Fsp3) is 0.286. The van der Waals surface area contributed by atoms with E-state index in [9.17, 15) is 4.79 Å². The lowest BCUT2D eigenvalue weighted by molar-refractivity contribution is -0.694. The number of halogens is 1. The molecule has 2 heterocycles. The van der Waals surface area contributed by atoms with E-state index in [-0.39, 0.29) is 28.8 Å². The van der Waals surface area contributed by atoms with Crippen LogP contribution < -0.4 is 27.3 Å². The quantitative estimate of drug-likeness (QED) is 0.361. The van der Waals surface area contributed by atoms with Crippen LogP contribution in [0.25, 0.3) is 0 Å². The molecule has 176 valence electrons. The van der Waals surface area contributed by atoms with Gasteiger partial charge in [0.2, 0.25) is 5.91 Å². The van der Waals surface area contributed by atoms with E-state index in [1.165, 1.54) is 11.4 Å². The number of hydrogen-bond donors (Lipinski definition) is 1. The molecule has 2 aromatic carbocycles. The van der Waals surface area contributed by atoms with Gasteiger partial charge in [-0.05, 0) is 53.1 Å². The van der Waals surface area contributed by atoms with Crippen LogP contribution in [0.1, 0.15) is 47.8 Å². The summed E-state index contributed by atoms with van der Waals surface area (Å²) in [5, 5.41) is 4.33. The topological polar surface area (TPSA) is 51.9 Å². The van der Waals surface area contributed by atoms with Crippen LogP contribution in [0, 0.1) is 12.8 Å². The zero-order valence-electron chi connectivity index (χ0n) is 19.3.